The number of ether oxygens (including phenoxy) is 2. The van der Waals surface area contributed by atoms with Crippen molar-refractivity contribution in [2.24, 2.45) is 0 Å². The van der Waals surface area contributed by atoms with Crippen LogP contribution >= 0.6 is 11.8 Å². The van der Waals surface area contributed by atoms with Crippen LogP contribution in [0.5, 0.6) is 0 Å². The minimum atomic E-state index is -0.619. The van der Waals surface area contributed by atoms with Crippen molar-refractivity contribution in [1.82, 2.24) is 15.0 Å². The van der Waals surface area contributed by atoms with E-state index in [2.05, 4.69) is 15.4 Å². The van der Waals surface area contributed by atoms with Crippen LogP contribution in [0.25, 0.3) is 0 Å². The summed E-state index contributed by atoms with van der Waals surface area (Å²) < 4.78 is 10.5. The molecule has 8 nitrogen and oxygen atoms in total. The van der Waals surface area contributed by atoms with Gasteiger partial charge in [-0.1, -0.05) is 11.8 Å². The summed E-state index contributed by atoms with van der Waals surface area (Å²) in [4.78, 5) is 33.1. The molecule has 1 N–H and O–H groups in total. The van der Waals surface area contributed by atoms with Gasteiger partial charge < -0.3 is 9.47 Å². The Morgan fingerprint density at radius 2 is 2.08 bits per heavy atom. The molecule has 0 unspecified atom stereocenters. The van der Waals surface area contributed by atoms with Gasteiger partial charge in [0.25, 0.3) is 0 Å². The Kier molecular flexibility index (Phi) is 6.10. The van der Waals surface area contributed by atoms with E-state index in [-0.39, 0.29) is 24.0 Å². The molecular weight excluding hydrogens is 344 g/mol. The first-order chi connectivity index (χ1) is 11.7. The van der Waals surface area contributed by atoms with Gasteiger partial charge in [-0.05, 0) is 46.8 Å². The Hall–Kier alpha value is -2.03. The molecule has 1 aliphatic rings. The summed E-state index contributed by atoms with van der Waals surface area (Å²) >= 11 is 1.34. The second-order valence-electron chi connectivity index (χ2n) is 6.53. The van der Waals surface area contributed by atoms with E-state index in [1.165, 1.54) is 23.0 Å². The highest BCUT2D eigenvalue weighted by Crippen LogP contribution is 2.29. The fourth-order valence-corrected chi connectivity index (χ4v) is 2.29. The van der Waals surface area contributed by atoms with Crippen molar-refractivity contribution in [2.75, 3.05) is 18.3 Å². The number of nitrogens with zero attached hydrogens (tertiary/aromatic N) is 3. The zero-order valence-electron chi connectivity index (χ0n) is 15.2. The molecule has 0 atom stereocenters. The third kappa shape index (κ3) is 5.48. The molecule has 0 bridgehead atoms. The molecule has 1 aromatic rings. The first kappa shape index (κ1) is 19.3. The number of amides is 1. The quantitative estimate of drug-likeness (QED) is 0.354. The van der Waals surface area contributed by atoms with E-state index >= 15 is 0 Å². The number of nitrogens with one attached hydrogen (secondary N) is 1. The molecule has 9 heteroatoms. The fourth-order valence-electron chi connectivity index (χ4n) is 1.95. The monoisotopic (exact) mass is 368 g/mol. The van der Waals surface area contributed by atoms with Crippen LogP contribution in [0, 0.1) is 0 Å². The van der Waals surface area contributed by atoms with Crippen LogP contribution in [0.4, 0.5) is 10.6 Å². The molecule has 1 fully saturated rings. The van der Waals surface area contributed by atoms with E-state index in [4.69, 9.17) is 9.47 Å². The van der Waals surface area contributed by atoms with E-state index in [1.54, 1.807) is 27.7 Å². The van der Waals surface area contributed by atoms with Gasteiger partial charge in [-0.25, -0.2) is 24.6 Å². The Morgan fingerprint density at radius 1 is 1.40 bits per heavy atom. The maximum absolute atomic E-state index is 12.5. The summed E-state index contributed by atoms with van der Waals surface area (Å²) in [7, 11) is 0. The third-order valence-corrected chi connectivity index (χ3v) is 3.73. The minimum absolute atomic E-state index is 0.0117. The molecule has 1 aliphatic carbocycles. The summed E-state index contributed by atoms with van der Waals surface area (Å²) in [5.41, 5.74) is 2.50. The van der Waals surface area contributed by atoms with Gasteiger partial charge in [0.15, 0.2) is 11.0 Å². The van der Waals surface area contributed by atoms with Crippen LogP contribution in [0.15, 0.2) is 11.4 Å². The summed E-state index contributed by atoms with van der Waals surface area (Å²) in [6, 6.07) is 0.0117. The molecule has 2 rings (SSSR count). The van der Waals surface area contributed by atoms with Gasteiger partial charge in [0.1, 0.15) is 11.2 Å². The van der Waals surface area contributed by atoms with E-state index in [0.717, 1.165) is 12.8 Å². The number of thioether (sulfide) groups is 1. The lowest BCUT2D eigenvalue weighted by Crippen LogP contribution is -2.42. The molecule has 25 heavy (non-hydrogen) atoms. The van der Waals surface area contributed by atoms with Crippen molar-refractivity contribution in [3.05, 3.63) is 11.8 Å². The van der Waals surface area contributed by atoms with Crippen LogP contribution in [-0.2, 0) is 9.47 Å². The van der Waals surface area contributed by atoms with Gasteiger partial charge in [0.05, 0.1) is 12.6 Å². The van der Waals surface area contributed by atoms with E-state index < -0.39 is 17.7 Å². The maximum atomic E-state index is 12.5. The van der Waals surface area contributed by atoms with E-state index in [9.17, 15) is 9.59 Å². The van der Waals surface area contributed by atoms with Crippen LogP contribution in [0.2, 0.25) is 0 Å². The van der Waals surface area contributed by atoms with Crippen LogP contribution < -0.4 is 5.43 Å². The molecule has 138 valence electrons. The normalized spacial score (nSPS) is 14.0. The summed E-state index contributed by atoms with van der Waals surface area (Å²) in [5.74, 6) is -0.312. The smallest absolute Gasteiger partial charge is 0.429 e. The van der Waals surface area contributed by atoms with E-state index in [0.29, 0.717) is 5.16 Å². The Morgan fingerprint density at radius 3 is 2.60 bits per heavy atom. The molecule has 1 heterocycles. The highest BCUT2D eigenvalue weighted by atomic mass is 32.2. The van der Waals surface area contributed by atoms with Crippen LogP contribution in [0.3, 0.4) is 0 Å². The number of carbonyl (C=O) groups is 2. The molecule has 0 aromatic carbocycles. The predicted molar refractivity (Wildman–Crippen MR) is 94.5 cm³/mol. The Bertz CT molecular complexity index is 644. The average Bonchev–Trinajstić information content (AvgIpc) is 3.35. The minimum Gasteiger partial charge on any atom is -0.462 e. The zero-order valence-corrected chi connectivity index (χ0v) is 16.0. The number of hydrogen-bond donors (Lipinski definition) is 1. The first-order valence-corrected chi connectivity index (χ1v) is 9.34. The maximum Gasteiger partial charge on any atom is 0.429 e. The van der Waals surface area contributed by atoms with Gasteiger partial charge >= 0.3 is 12.1 Å². The van der Waals surface area contributed by atoms with Crippen LogP contribution in [0.1, 0.15) is 50.9 Å². The van der Waals surface area contributed by atoms with Crippen molar-refractivity contribution >= 4 is 29.6 Å². The van der Waals surface area contributed by atoms with Gasteiger partial charge in [-0.2, -0.15) is 0 Å². The highest BCUT2D eigenvalue weighted by molar-refractivity contribution is 7.98. The summed E-state index contributed by atoms with van der Waals surface area (Å²) in [6.07, 6.45) is 4.45. The highest BCUT2D eigenvalue weighted by Gasteiger charge is 2.36. The van der Waals surface area contributed by atoms with Gasteiger partial charge in [0.2, 0.25) is 0 Å². The summed E-state index contributed by atoms with van der Waals surface area (Å²) in [5, 5.41) is 1.87. The molecular formula is C16H24N4O4S. The van der Waals surface area contributed by atoms with Crippen molar-refractivity contribution < 1.29 is 19.1 Å². The summed E-state index contributed by atoms with van der Waals surface area (Å²) in [6.45, 7) is 7.36. The van der Waals surface area contributed by atoms with Crippen molar-refractivity contribution in [3.63, 3.8) is 0 Å². The molecule has 1 amide bonds. The number of aromatic nitrogens is 2. The standard InChI is InChI=1S/C16H24N4O4S/c1-6-23-13(21)11-9-17-14(25-5)18-12(11)19-20(10-7-8-10)15(22)24-16(2,3)4/h9-10H,6-8H2,1-5H3,(H,17,18,19). The van der Waals surface area contributed by atoms with Crippen molar-refractivity contribution in [3.8, 4) is 0 Å². The number of hydrazine groups is 1. The number of esters is 1. The van der Waals surface area contributed by atoms with Gasteiger partial charge in [-0.3, -0.25) is 5.43 Å². The molecule has 0 radical (unpaired) electrons. The topological polar surface area (TPSA) is 93.6 Å². The van der Waals surface area contributed by atoms with E-state index in [1.807, 2.05) is 6.26 Å². The lowest BCUT2D eigenvalue weighted by molar-refractivity contribution is 0.0279. The molecule has 0 saturated heterocycles. The Balaban J connectivity index is 2.28. The van der Waals surface area contributed by atoms with Gasteiger partial charge in [0, 0.05) is 6.20 Å². The first-order valence-electron chi connectivity index (χ1n) is 8.12. The Labute approximate surface area is 151 Å². The predicted octanol–water partition coefficient (Wildman–Crippen LogP) is 3.10. The van der Waals surface area contributed by atoms with Crippen molar-refractivity contribution in [2.45, 2.75) is 57.3 Å². The van der Waals surface area contributed by atoms with Crippen molar-refractivity contribution in [1.29, 1.82) is 0 Å². The number of carbonyl (C=O) groups excluding carboxylic acids is 2. The average molecular weight is 368 g/mol. The lowest BCUT2D eigenvalue weighted by Gasteiger charge is -2.28. The molecule has 0 aliphatic heterocycles. The molecule has 1 saturated carbocycles. The molecule has 1 aromatic heterocycles. The largest absolute Gasteiger partial charge is 0.462 e. The lowest BCUT2D eigenvalue weighted by atomic mass is 10.2. The molecule has 0 spiro atoms. The van der Waals surface area contributed by atoms with Crippen LogP contribution in [-0.4, -0.2) is 51.5 Å². The number of hydrogen-bond acceptors (Lipinski definition) is 8. The number of rotatable bonds is 6. The number of anilines is 1. The van der Waals surface area contributed by atoms with Gasteiger partial charge in [-0.15, -0.1) is 0 Å². The second-order valence-corrected chi connectivity index (χ2v) is 7.31. The third-order valence-electron chi connectivity index (χ3n) is 3.17. The second kappa shape index (κ2) is 7.90. The SMILES string of the molecule is CCOC(=O)c1cnc(SC)nc1NN(C(=O)OC(C)(C)C)C1CC1. The zero-order chi connectivity index (χ0) is 18.6. The fraction of sp³-hybridized carbons (Fsp3) is 0.625.